The van der Waals surface area contributed by atoms with Gasteiger partial charge in [-0.05, 0) is 50.3 Å². The van der Waals surface area contributed by atoms with Crippen molar-refractivity contribution in [1.29, 1.82) is 5.26 Å². The van der Waals surface area contributed by atoms with Gasteiger partial charge in [0, 0.05) is 34.9 Å². The molecule has 37 heavy (non-hydrogen) atoms. The molecule has 0 radical (unpaired) electrons. The standard InChI is InChI=1S/C28H33N7O2/c1-18-15-31-27(34-24(18)19-5-7-21(8-6-19)26(37)30-14-13-29)33-22-16-32-35(17-22)23-11-9-20(10-12-23)25(36)28(2,3)4/h5-8,15-17,20,23H,9-12,14H2,1-4H3,(H,30,37)(H,31,33,34). The molecule has 1 saturated carbocycles. The summed E-state index contributed by atoms with van der Waals surface area (Å²) in [5.41, 5.74) is 3.51. The van der Waals surface area contributed by atoms with Crippen LogP contribution in [0.1, 0.15) is 68.4 Å². The van der Waals surface area contributed by atoms with Gasteiger partial charge in [-0.25, -0.2) is 9.97 Å². The fourth-order valence-electron chi connectivity index (χ4n) is 4.74. The Bertz CT molecular complexity index is 1310. The first-order valence-corrected chi connectivity index (χ1v) is 12.6. The van der Waals surface area contributed by atoms with Gasteiger partial charge in [-0.3, -0.25) is 14.3 Å². The van der Waals surface area contributed by atoms with Crippen molar-refractivity contribution < 1.29 is 9.59 Å². The van der Waals surface area contributed by atoms with Crippen molar-refractivity contribution in [3.63, 3.8) is 0 Å². The average molecular weight is 500 g/mol. The van der Waals surface area contributed by atoms with Crippen LogP contribution in [0.3, 0.4) is 0 Å². The maximum atomic E-state index is 12.6. The molecule has 2 N–H and O–H groups in total. The number of amides is 1. The van der Waals surface area contributed by atoms with E-state index in [2.05, 4.69) is 20.7 Å². The number of rotatable bonds is 7. The van der Waals surface area contributed by atoms with Crippen molar-refractivity contribution in [1.82, 2.24) is 25.1 Å². The average Bonchev–Trinajstić information content (AvgIpc) is 3.36. The minimum absolute atomic E-state index is 0.0324. The smallest absolute Gasteiger partial charge is 0.252 e. The lowest BCUT2D eigenvalue weighted by Crippen LogP contribution is -2.31. The molecule has 4 rings (SSSR count). The van der Waals surface area contributed by atoms with E-state index < -0.39 is 0 Å². The lowest BCUT2D eigenvalue weighted by atomic mass is 9.75. The minimum atomic E-state index is -0.291. The van der Waals surface area contributed by atoms with Gasteiger partial charge in [0.25, 0.3) is 5.91 Å². The van der Waals surface area contributed by atoms with E-state index in [0.717, 1.165) is 48.2 Å². The highest BCUT2D eigenvalue weighted by Crippen LogP contribution is 2.36. The van der Waals surface area contributed by atoms with Crippen LogP contribution in [0, 0.1) is 29.6 Å². The largest absolute Gasteiger partial charge is 0.339 e. The molecule has 0 unspecified atom stereocenters. The Morgan fingerprint density at radius 2 is 1.81 bits per heavy atom. The first kappa shape index (κ1) is 26.0. The van der Waals surface area contributed by atoms with Gasteiger partial charge in [0.15, 0.2) is 0 Å². The van der Waals surface area contributed by atoms with E-state index in [1.807, 2.05) is 56.8 Å². The molecular weight excluding hydrogens is 466 g/mol. The van der Waals surface area contributed by atoms with Gasteiger partial charge in [0.1, 0.15) is 12.3 Å². The van der Waals surface area contributed by atoms with Crippen LogP contribution < -0.4 is 10.6 Å². The number of carbonyl (C=O) groups is 2. The van der Waals surface area contributed by atoms with E-state index >= 15 is 0 Å². The summed E-state index contributed by atoms with van der Waals surface area (Å²) in [6, 6.07) is 9.26. The van der Waals surface area contributed by atoms with E-state index in [0.29, 0.717) is 17.3 Å². The number of benzene rings is 1. The molecule has 1 fully saturated rings. The maximum Gasteiger partial charge on any atom is 0.252 e. The van der Waals surface area contributed by atoms with Gasteiger partial charge in [-0.2, -0.15) is 10.4 Å². The summed E-state index contributed by atoms with van der Waals surface area (Å²) in [7, 11) is 0. The molecule has 0 bridgehead atoms. The molecule has 2 aromatic heterocycles. The highest BCUT2D eigenvalue weighted by Gasteiger charge is 2.33. The molecule has 0 saturated heterocycles. The Morgan fingerprint density at radius 1 is 1.11 bits per heavy atom. The monoisotopic (exact) mass is 499 g/mol. The highest BCUT2D eigenvalue weighted by molar-refractivity contribution is 5.94. The lowest BCUT2D eigenvalue weighted by molar-refractivity contribution is -0.131. The molecule has 2 heterocycles. The first-order chi connectivity index (χ1) is 17.7. The van der Waals surface area contributed by atoms with Gasteiger partial charge in [-0.15, -0.1) is 0 Å². The van der Waals surface area contributed by atoms with Crippen molar-refractivity contribution in [3.8, 4) is 17.3 Å². The predicted octanol–water partition coefficient (Wildman–Crippen LogP) is 4.99. The summed E-state index contributed by atoms with van der Waals surface area (Å²) in [5, 5.41) is 19.0. The molecule has 0 spiro atoms. The molecule has 1 amide bonds. The van der Waals surface area contributed by atoms with Crippen molar-refractivity contribution in [3.05, 3.63) is 54.0 Å². The molecule has 192 valence electrons. The minimum Gasteiger partial charge on any atom is -0.339 e. The Morgan fingerprint density at radius 3 is 2.46 bits per heavy atom. The van der Waals surface area contributed by atoms with E-state index in [-0.39, 0.29) is 29.8 Å². The summed E-state index contributed by atoms with van der Waals surface area (Å²) in [5.74, 6) is 0.666. The first-order valence-electron chi connectivity index (χ1n) is 12.6. The number of aromatic nitrogens is 4. The van der Waals surface area contributed by atoms with Crippen molar-refractivity contribution in [2.75, 3.05) is 11.9 Å². The van der Waals surface area contributed by atoms with Crippen LogP contribution >= 0.6 is 0 Å². The fourth-order valence-corrected chi connectivity index (χ4v) is 4.74. The molecule has 9 nitrogen and oxygen atoms in total. The van der Waals surface area contributed by atoms with Crippen LogP contribution in [0.2, 0.25) is 0 Å². The summed E-state index contributed by atoms with van der Waals surface area (Å²) >= 11 is 0. The van der Waals surface area contributed by atoms with E-state index in [9.17, 15) is 9.59 Å². The summed E-state index contributed by atoms with van der Waals surface area (Å²) < 4.78 is 1.98. The number of nitrogens with one attached hydrogen (secondary N) is 2. The van der Waals surface area contributed by atoms with Gasteiger partial charge < -0.3 is 10.6 Å². The van der Waals surface area contributed by atoms with Crippen LogP contribution in [0.4, 0.5) is 11.6 Å². The number of hydrogen-bond acceptors (Lipinski definition) is 7. The van der Waals surface area contributed by atoms with E-state index in [1.165, 1.54) is 0 Å². The van der Waals surface area contributed by atoms with Gasteiger partial charge in [-0.1, -0.05) is 32.9 Å². The zero-order chi connectivity index (χ0) is 26.6. The summed E-state index contributed by atoms with van der Waals surface area (Å²) in [6.45, 7) is 7.90. The van der Waals surface area contributed by atoms with Crippen molar-refractivity contribution >= 4 is 23.3 Å². The Balaban J connectivity index is 1.41. The third-order valence-corrected chi connectivity index (χ3v) is 6.76. The van der Waals surface area contributed by atoms with E-state index in [4.69, 9.17) is 10.2 Å². The third-order valence-electron chi connectivity index (χ3n) is 6.76. The number of carbonyl (C=O) groups excluding carboxylic acids is 2. The molecule has 3 aromatic rings. The summed E-state index contributed by atoms with van der Waals surface area (Å²) in [6.07, 6.45) is 9.15. The number of Topliss-reactive ketones (excluding diaryl/α,β-unsaturated/α-hetero) is 1. The van der Waals surface area contributed by atoms with Gasteiger partial charge in [0.05, 0.1) is 29.7 Å². The van der Waals surface area contributed by atoms with Crippen LogP contribution in [0.15, 0.2) is 42.9 Å². The number of ketones is 1. The zero-order valence-electron chi connectivity index (χ0n) is 21.8. The van der Waals surface area contributed by atoms with Gasteiger partial charge >= 0.3 is 0 Å². The molecule has 0 atom stereocenters. The normalized spacial score (nSPS) is 17.6. The Kier molecular flexibility index (Phi) is 7.67. The molecule has 1 aliphatic rings. The van der Waals surface area contributed by atoms with Gasteiger partial charge in [0.2, 0.25) is 5.95 Å². The molecule has 9 heteroatoms. The predicted molar refractivity (Wildman–Crippen MR) is 141 cm³/mol. The Labute approximate surface area is 217 Å². The second-order valence-electron chi connectivity index (χ2n) is 10.6. The molecular formula is C28H33N7O2. The quantitative estimate of drug-likeness (QED) is 0.439. The van der Waals surface area contributed by atoms with Crippen molar-refractivity contribution in [2.24, 2.45) is 11.3 Å². The lowest BCUT2D eigenvalue weighted by Gasteiger charge is -2.31. The molecule has 0 aliphatic heterocycles. The SMILES string of the molecule is Cc1cnc(Nc2cnn(C3CCC(C(=O)C(C)(C)C)CC3)c2)nc1-c1ccc(C(=O)NCC#N)cc1. The third kappa shape index (κ3) is 6.20. The number of anilines is 2. The second-order valence-corrected chi connectivity index (χ2v) is 10.6. The van der Waals surface area contributed by atoms with Crippen LogP contribution in [-0.2, 0) is 4.79 Å². The van der Waals surface area contributed by atoms with Crippen LogP contribution in [-0.4, -0.2) is 38.0 Å². The van der Waals surface area contributed by atoms with Crippen LogP contribution in [0.25, 0.3) is 11.3 Å². The zero-order valence-corrected chi connectivity index (χ0v) is 21.8. The fraction of sp³-hybridized carbons (Fsp3) is 0.429. The van der Waals surface area contributed by atoms with Crippen molar-refractivity contribution in [2.45, 2.75) is 59.4 Å². The number of hydrogen-bond donors (Lipinski definition) is 2. The second kappa shape index (κ2) is 10.9. The number of aryl methyl sites for hydroxylation is 1. The maximum absolute atomic E-state index is 12.6. The number of nitrogens with zero attached hydrogens (tertiary/aromatic N) is 5. The highest BCUT2D eigenvalue weighted by atomic mass is 16.1. The number of nitriles is 1. The Hall–Kier alpha value is -4.06. The van der Waals surface area contributed by atoms with E-state index in [1.54, 1.807) is 24.5 Å². The topological polar surface area (TPSA) is 126 Å². The molecule has 1 aromatic carbocycles. The van der Waals surface area contributed by atoms with Crippen LogP contribution in [0.5, 0.6) is 0 Å². The summed E-state index contributed by atoms with van der Waals surface area (Å²) in [4.78, 5) is 33.8. The molecule has 1 aliphatic carbocycles.